The van der Waals surface area contributed by atoms with E-state index < -0.39 is 5.97 Å². The van der Waals surface area contributed by atoms with Crippen molar-refractivity contribution in [1.82, 2.24) is 4.57 Å². The molecule has 0 spiro atoms. The first-order chi connectivity index (χ1) is 18.2. The van der Waals surface area contributed by atoms with Crippen molar-refractivity contribution in [3.63, 3.8) is 0 Å². The molecular formula is C33H27NO3. The summed E-state index contributed by atoms with van der Waals surface area (Å²) >= 11 is 0. The number of esters is 1. The molecule has 182 valence electrons. The zero-order valence-electron chi connectivity index (χ0n) is 20.7. The summed E-state index contributed by atoms with van der Waals surface area (Å²) in [5, 5.41) is 0.707. The Kier molecular flexibility index (Phi) is 5.93. The van der Waals surface area contributed by atoms with Crippen molar-refractivity contribution in [2.24, 2.45) is 0 Å². The molecule has 37 heavy (non-hydrogen) atoms. The van der Waals surface area contributed by atoms with Gasteiger partial charge in [0.15, 0.2) is 5.78 Å². The molecular weight excluding hydrogens is 458 g/mol. The summed E-state index contributed by atoms with van der Waals surface area (Å²) in [6, 6.07) is 34.6. The first kappa shape index (κ1) is 23.0. The van der Waals surface area contributed by atoms with Gasteiger partial charge in [0.1, 0.15) is 0 Å². The number of fused-ring (bicyclic) bond motifs is 3. The van der Waals surface area contributed by atoms with E-state index in [1.54, 1.807) is 6.07 Å². The lowest BCUT2D eigenvalue weighted by molar-refractivity contribution is 0.0603. The first-order valence-electron chi connectivity index (χ1n) is 12.6. The number of nitrogens with zero attached hydrogens (tertiary/aromatic N) is 1. The normalized spacial score (nSPS) is 14.9. The van der Waals surface area contributed by atoms with E-state index in [0.717, 1.165) is 39.9 Å². The number of ketones is 1. The number of carbonyl (C=O) groups is 2. The highest BCUT2D eigenvalue weighted by Crippen LogP contribution is 2.40. The minimum atomic E-state index is -0.423. The van der Waals surface area contributed by atoms with Gasteiger partial charge in [-0.05, 0) is 46.7 Å². The van der Waals surface area contributed by atoms with E-state index in [4.69, 9.17) is 4.74 Å². The number of carbonyl (C=O) groups excluding carboxylic acids is 2. The molecule has 1 unspecified atom stereocenters. The van der Waals surface area contributed by atoms with Crippen LogP contribution in [0.3, 0.4) is 0 Å². The SMILES string of the molecule is COC(=O)c1cccc2c1c1c(n2Cc2ccccc2-c2ccccc2)CC(c2ccccc2)CC1=O. The van der Waals surface area contributed by atoms with E-state index in [1.807, 2.05) is 48.5 Å². The van der Waals surface area contributed by atoms with Crippen LogP contribution < -0.4 is 0 Å². The van der Waals surface area contributed by atoms with Crippen molar-refractivity contribution in [2.75, 3.05) is 7.11 Å². The van der Waals surface area contributed by atoms with Crippen LogP contribution in [0.4, 0.5) is 0 Å². The highest BCUT2D eigenvalue weighted by atomic mass is 16.5. The molecule has 0 N–H and O–H groups in total. The number of rotatable bonds is 5. The largest absolute Gasteiger partial charge is 0.465 e. The molecule has 4 heteroatoms. The summed E-state index contributed by atoms with van der Waals surface area (Å²) in [7, 11) is 1.38. The molecule has 1 aromatic heterocycles. The van der Waals surface area contributed by atoms with Gasteiger partial charge in [-0.3, -0.25) is 4.79 Å². The fraction of sp³-hybridized carbons (Fsp3) is 0.152. The van der Waals surface area contributed by atoms with Gasteiger partial charge < -0.3 is 9.30 Å². The molecule has 1 aliphatic rings. The lowest BCUT2D eigenvalue weighted by Crippen LogP contribution is -2.21. The van der Waals surface area contributed by atoms with Crippen molar-refractivity contribution in [3.05, 3.63) is 131 Å². The second kappa shape index (κ2) is 9.55. The van der Waals surface area contributed by atoms with E-state index in [1.165, 1.54) is 7.11 Å². The van der Waals surface area contributed by atoms with Crippen LogP contribution >= 0.6 is 0 Å². The Morgan fingerprint density at radius 2 is 1.54 bits per heavy atom. The predicted octanol–water partition coefficient (Wildman–Crippen LogP) is 7.06. The molecule has 0 radical (unpaired) electrons. The Bertz CT molecular complexity index is 1620. The molecule has 5 aromatic rings. The maximum absolute atomic E-state index is 13.7. The van der Waals surface area contributed by atoms with Gasteiger partial charge in [-0.25, -0.2) is 4.79 Å². The summed E-state index contributed by atoms with van der Waals surface area (Å²) in [4.78, 5) is 26.5. The lowest BCUT2D eigenvalue weighted by atomic mass is 9.81. The number of benzene rings is 4. The van der Waals surface area contributed by atoms with Gasteiger partial charge in [-0.2, -0.15) is 0 Å². The Labute approximate surface area is 216 Å². The van der Waals surface area contributed by atoms with Crippen molar-refractivity contribution < 1.29 is 14.3 Å². The first-order valence-corrected chi connectivity index (χ1v) is 12.6. The highest BCUT2D eigenvalue weighted by Gasteiger charge is 2.34. The average molecular weight is 486 g/mol. The molecule has 0 aliphatic heterocycles. The van der Waals surface area contributed by atoms with Gasteiger partial charge in [0.25, 0.3) is 0 Å². The molecule has 1 atom stereocenters. The lowest BCUT2D eigenvalue weighted by Gasteiger charge is -2.24. The summed E-state index contributed by atoms with van der Waals surface area (Å²) in [5.74, 6) is -0.255. The van der Waals surface area contributed by atoms with Gasteiger partial charge in [-0.15, -0.1) is 0 Å². The van der Waals surface area contributed by atoms with Crippen molar-refractivity contribution in [3.8, 4) is 11.1 Å². The molecule has 1 aliphatic carbocycles. The second-order valence-electron chi connectivity index (χ2n) is 9.56. The number of hydrogen-bond donors (Lipinski definition) is 0. The zero-order valence-corrected chi connectivity index (χ0v) is 20.7. The molecule has 0 saturated heterocycles. The minimum absolute atomic E-state index is 0.0755. The molecule has 4 aromatic carbocycles. The van der Waals surface area contributed by atoms with Crippen LogP contribution in [-0.4, -0.2) is 23.4 Å². The number of hydrogen-bond acceptors (Lipinski definition) is 3. The Morgan fingerprint density at radius 1 is 0.838 bits per heavy atom. The zero-order chi connectivity index (χ0) is 25.4. The molecule has 4 nitrogen and oxygen atoms in total. The van der Waals surface area contributed by atoms with Crippen LogP contribution in [0, 0.1) is 0 Å². The maximum atomic E-state index is 13.7. The van der Waals surface area contributed by atoms with Crippen LogP contribution in [-0.2, 0) is 17.7 Å². The molecule has 0 bridgehead atoms. The smallest absolute Gasteiger partial charge is 0.338 e. The van der Waals surface area contributed by atoms with E-state index in [0.29, 0.717) is 29.5 Å². The van der Waals surface area contributed by atoms with Gasteiger partial charge in [-0.1, -0.05) is 91.0 Å². The van der Waals surface area contributed by atoms with E-state index >= 15 is 0 Å². The summed E-state index contributed by atoms with van der Waals surface area (Å²) in [6.45, 7) is 0.594. The summed E-state index contributed by atoms with van der Waals surface area (Å²) in [6.07, 6.45) is 1.15. The van der Waals surface area contributed by atoms with E-state index in [-0.39, 0.29) is 11.7 Å². The molecule has 6 rings (SSSR count). The average Bonchev–Trinajstić information content (AvgIpc) is 3.27. The summed E-state index contributed by atoms with van der Waals surface area (Å²) in [5.41, 5.74) is 7.61. The third kappa shape index (κ3) is 4.05. The third-order valence-corrected chi connectivity index (χ3v) is 7.45. The highest BCUT2D eigenvalue weighted by molar-refractivity contribution is 6.17. The van der Waals surface area contributed by atoms with E-state index in [2.05, 4.69) is 53.1 Å². The van der Waals surface area contributed by atoms with Gasteiger partial charge in [0, 0.05) is 29.6 Å². The monoisotopic (exact) mass is 485 g/mol. The molecule has 0 fully saturated rings. The third-order valence-electron chi connectivity index (χ3n) is 7.45. The predicted molar refractivity (Wildman–Crippen MR) is 146 cm³/mol. The maximum Gasteiger partial charge on any atom is 0.338 e. The second-order valence-corrected chi connectivity index (χ2v) is 9.56. The minimum Gasteiger partial charge on any atom is -0.465 e. The Balaban J connectivity index is 1.56. The fourth-order valence-electron chi connectivity index (χ4n) is 5.75. The van der Waals surface area contributed by atoms with Crippen LogP contribution in [0.2, 0.25) is 0 Å². The molecule has 0 saturated carbocycles. The molecule has 1 heterocycles. The number of aromatic nitrogens is 1. The van der Waals surface area contributed by atoms with Crippen LogP contribution in [0.1, 0.15) is 49.9 Å². The van der Waals surface area contributed by atoms with Crippen molar-refractivity contribution in [1.29, 1.82) is 0 Å². The van der Waals surface area contributed by atoms with Gasteiger partial charge >= 0.3 is 5.97 Å². The fourth-order valence-corrected chi connectivity index (χ4v) is 5.75. The van der Waals surface area contributed by atoms with Gasteiger partial charge in [0.05, 0.1) is 18.2 Å². The Morgan fingerprint density at radius 3 is 2.30 bits per heavy atom. The number of Topliss-reactive ketones (excluding diaryl/α,β-unsaturated/α-hetero) is 1. The standard InChI is InChI=1S/C33H27NO3/c1-37-33(36)27-17-10-18-28-31(27)32-29(19-25(20-30(32)35)22-11-4-2-5-12-22)34(28)21-24-15-8-9-16-26(24)23-13-6-3-7-14-23/h2-18,25H,19-21H2,1H3. The van der Waals surface area contributed by atoms with E-state index in [9.17, 15) is 9.59 Å². The number of ether oxygens (including phenoxy) is 1. The topological polar surface area (TPSA) is 48.3 Å². The van der Waals surface area contributed by atoms with Crippen molar-refractivity contribution >= 4 is 22.7 Å². The quantitative estimate of drug-likeness (QED) is 0.251. The molecule has 0 amide bonds. The van der Waals surface area contributed by atoms with Gasteiger partial charge in [0.2, 0.25) is 0 Å². The van der Waals surface area contributed by atoms with Crippen LogP contribution in [0.5, 0.6) is 0 Å². The van der Waals surface area contributed by atoms with Crippen LogP contribution in [0.25, 0.3) is 22.0 Å². The number of methoxy groups -OCH3 is 1. The van der Waals surface area contributed by atoms with Crippen LogP contribution in [0.15, 0.2) is 103 Å². The Hall–Kier alpha value is -4.44. The summed E-state index contributed by atoms with van der Waals surface area (Å²) < 4.78 is 7.35. The van der Waals surface area contributed by atoms with Crippen molar-refractivity contribution in [2.45, 2.75) is 25.3 Å².